The SMILES string of the molecule is COCOc1nc(-c2cn3ccnc3c(Cc3cc(F)c(C)cc3F)n2)ncc1C(C)O. The highest BCUT2D eigenvalue weighted by atomic mass is 19.1. The van der Waals surface area contributed by atoms with E-state index < -0.39 is 17.7 Å². The zero-order valence-corrected chi connectivity index (χ0v) is 17.7. The molecule has 0 radical (unpaired) electrons. The van der Waals surface area contributed by atoms with Crippen LogP contribution in [-0.2, 0) is 11.2 Å². The molecular formula is C22H21F2N5O3. The third kappa shape index (κ3) is 4.27. The summed E-state index contributed by atoms with van der Waals surface area (Å²) in [6.07, 6.45) is 5.59. The fourth-order valence-electron chi connectivity index (χ4n) is 3.24. The van der Waals surface area contributed by atoms with E-state index in [1.807, 2.05) is 0 Å². The molecular weight excluding hydrogens is 420 g/mol. The Bertz CT molecular complexity index is 1280. The minimum absolute atomic E-state index is 0.0240. The van der Waals surface area contributed by atoms with Gasteiger partial charge in [0.1, 0.15) is 17.3 Å². The zero-order valence-electron chi connectivity index (χ0n) is 17.7. The molecule has 1 atom stereocenters. The lowest BCUT2D eigenvalue weighted by Crippen LogP contribution is -2.09. The number of imidazole rings is 1. The lowest BCUT2D eigenvalue weighted by Gasteiger charge is -2.13. The highest BCUT2D eigenvalue weighted by Gasteiger charge is 2.18. The summed E-state index contributed by atoms with van der Waals surface area (Å²) in [6, 6.07) is 2.33. The van der Waals surface area contributed by atoms with Gasteiger partial charge in [-0.3, -0.25) is 0 Å². The molecule has 0 saturated heterocycles. The monoisotopic (exact) mass is 441 g/mol. The van der Waals surface area contributed by atoms with Gasteiger partial charge in [-0.05, 0) is 37.1 Å². The number of hydrogen-bond acceptors (Lipinski definition) is 7. The number of halogens is 2. The molecule has 0 bridgehead atoms. The number of aliphatic hydroxyl groups excluding tert-OH is 1. The van der Waals surface area contributed by atoms with Crippen molar-refractivity contribution in [1.29, 1.82) is 0 Å². The molecule has 1 unspecified atom stereocenters. The summed E-state index contributed by atoms with van der Waals surface area (Å²) in [5.41, 5.74) is 2.10. The number of methoxy groups -OCH3 is 1. The van der Waals surface area contributed by atoms with E-state index in [1.54, 1.807) is 29.9 Å². The molecule has 4 aromatic rings. The number of aliphatic hydroxyl groups is 1. The van der Waals surface area contributed by atoms with Crippen molar-refractivity contribution in [3.8, 4) is 17.4 Å². The summed E-state index contributed by atoms with van der Waals surface area (Å²) in [4.78, 5) is 17.5. The minimum atomic E-state index is -0.852. The standard InChI is InChI=1S/C22H21F2N5O3/c1-12-6-17(24)14(7-16(12)23)8-18-21-25-4-5-29(21)10-19(27-18)20-26-9-15(13(2)30)22(28-20)32-11-31-3/h4-7,9-10,13,30H,8,11H2,1-3H3. The second-order valence-electron chi connectivity index (χ2n) is 7.28. The first kappa shape index (κ1) is 21.7. The van der Waals surface area contributed by atoms with E-state index in [4.69, 9.17) is 9.47 Å². The van der Waals surface area contributed by atoms with Crippen LogP contribution in [0.2, 0.25) is 0 Å². The number of benzene rings is 1. The van der Waals surface area contributed by atoms with E-state index in [9.17, 15) is 13.9 Å². The molecule has 0 saturated carbocycles. The molecule has 0 aliphatic heterocycles. The molecule has 10 heteroatoms. The second kappa shape index (κ2) is 8.93. The molecule has 3 aromatic heterocycles. The van der Waals surface area contributed by atoms with Gasteiger partial charge in [0, 0.05) is 38.3 Å². The number of aromatic nitrogens is 5. The van der Waals surface area contributed by atoms with Gasteiger partial charge in [-0.25, -0.2) is 23.7 Å². The van der Waals surface area contributed by atoms with Crippen molar-refractivity contribution in [2.45, 2.75) is 26.4 Å². The maximum Gasteiger partial charge on any atom is 0.225 e. The van der Waals surface area contributed by atoms with Crippen LogP contribution < -0.4 is 4.74 Å². The van der Waals surface area contributed by atoms with E-state index in [0.29, 0.717) is 22.6 Å². The predicted octanol–water partition coefficient (Wildman–Crippen LogP) is 3.40. The third-order valence-corrected chi connectivity index (χ3v) is 4.90. The Morgan fingerprint density at radius 1 is 1.16 bits per heavy atom. The average Bonchev–Trinajstić information content (AvgIpc) is 3.24. The van der Waals surface area contributed by atoms with Gasteiger partial charge in [0.25, 0.3) is 0 Å². The Kier molecular flexibility index (Phi) is 6.06. The summed E-state index contributed by atoms with van der Waals surface area (Å²) in [5, 5.41) is 9.96. The van der Waals surface area contributed by atoms with E-state index >= 15 is 0 Å². The quantitative estimate of drug-likeness (QED) is 0.439. The largest absolute Gasteiger partial charge is 0.450 e. The molecule has 0 fully saturated rings. The van der Waals surface area contributed by atoms with E-state index in [2.05, 4.69) is 19.9 Å². The molecule has 32 heavy (non-hydrogen) atoms. The highest BCUT2D eigenvalue weighted by molar-refractivity contribution is 5.56. The lowest BCUT2D eigenvalue weighted by molar-refractivity contribution is 0.0448. The van der Waals surface area contributed by atoms with Crippen molar-refractivity contribution in [2.75, 3.05) is 13.9 Å². The van der Waals surface area contributed by atoms with Gasteiger partial charge in [-0.15, -0.1) is 0 Å². The van der Waals surface area contributed by atoms with E-state index in [0.717, 1.165) is 6.07 Å². The van der Waals surface area contributed by atoms with Gasteiger partial charge in [-0.2, -0.15) is 4.98 Å². The Hall–Kier alpha value is -3.50. The highest BCUT2D eigenvalue weighted by Crippen LogP contribution is 2.26. The first-order valence-corrected chi connectivity index (χ1v) is 9.81. The van der Waals surface area contributed by atoms with Gasteiger partial charge in [0.2, 0.25) is 5.88 Å². The van der Waals surface area contributed by atoms with Crippen LogP contribution in [0.15, 0.2) is 36.9 Å². The van der Waals surface area contributed by atoms with Crippen LogP contribution in [0.1, 0.15) is 35.4 Å². The Morgan fingerprint density at radius 2 is 1.97 bits per heavy atom. The second-order valence-corrected chi connectivity index (χ2v) is 7.28. The van der Waals surface area contributed by atoms with Crippen molar-refractivity contribution in [2.24, 2.45) is 0 Å². The first-order chi connectivity index (χ1) is 15.4. The number of nitrogens with zero attached hydrogens (tertiary/aromatic N) is 5. The Balaban J connectivity index is 1.79. The summed E-state index contributed by atoms with van der Waals surface area (Å²) >= 11 is 0. The molecule has 8 nitrogen and oxygen atoms in total. The molecule has 166 valence electrons. The van der Waals surface area contributed by atoms with Crippen molar-refractivity contribution in [3.63, 3.8) is 0 Å². The lowest BCUT2D eigenvalue weighted by atomic mass is 10.1. The van der Waals surface area contributed by atoms with Crippen LogP contribution >= 0.6 is 0 Å². The number of rotatable bonds is 7. The van der Waals surface area contributed by atoms with E-state index in [-0.39, 0.29) is 36.0 Å². The number of aryl methyl sites for hydroxylation is 1. The number of hydrogen-bond donors (Lipinski definition) is 1. The van der Waals surface area contributed by atoms with Crippen LogP contribution in [0.4, 0.5) is 8.78 Å². The molecule has 4 rings (SSSR count). The van der Waals surface area contributed by atoms with Gasteiger partial charge < -0.3 is 19.0 Å². The molecule has 1 aromatic carbocycles. The molecule has 0 amide bonds. The number of ether oxygens (including phenoxy) is 2. The third-order valence-electron chi connectivity index (χ3n) is 4.90. The summed E-state index contributed by atoms with van der Waals surface area (Å²) < 4.78 is 40.6. The van der Waals surface area contributed by atoms with Crippen LogP contribution in [0, 0.1) is 18.6 Å². The van der Waals surface area contributed by atoms with Crippen LogP contribution in [-0.4, -0.2) is 43.3 Å². The molecule has 0 aliphatic carbocycles. The van der Waals surface area contributed by atoms with Crippen LogP contribution in [0.3, 0.4) is 0 Å². The van der Waals surface area contributed by atoms with Crippen LogP contribution in [0.25, 0.3) is 17.2 Å². The number of fused-ring (bicyclic) bond motifs is 1. The summed E-state index contributed by atoms with van der Waals surface area (Å²) in [6.45, 7) is 3.01. The first-order valence-electron chi connectivity index (χ1n) is 9.81. The molecule has 0 spiro atoms. The van der Waals surface area contributed by atoms with Gasteiger partial charge in [0.05, 0.1) is 17.4 Å². The molecule has 0 aliphatic rings. The average molecular weight is 441 g/mol. The van der Waals surface area contributed by atoms with Gasteiger partial charge in [0.15, 0.2) is 18.3 Å². The van der Waals surface area contributed by atoms with Crippen molar-refractivity contribution >= 4 is 5.65 Å². The molecule has 1 N–H and O–H groups in total. The van der Waals surface area contributed by atoms with Crippen molar-refractivity contribution in [1.82, 2.24) is 24.3 Å². The van der Waals surface area contributed by atoms with E-state index in [1.165, 1.54) is 26.3 Å². The van der Waals surface area contributed by atoms with Crippen molar-refractivity contribution < 1.29 is 23.4 Å². The zero-order chi connectivity index (χ0) is 22.8. The molecule has 3 heterocycles. The maximum absolute atomic E-state index is 14.5. The fraction of sp³-hybridized carbons (Fsp3) is 0.273. The smallest absolute Gasteiger partial charge is 0.225 e. The van der Waals surface area contributed by atoms with Crippen LogP contribution in [0.5, 0.6) is 5.88 Å². The van der Waals surface area contributed by atoms with Gasteiger partial charge in [-0.1, -0.05) is 0 Å². The maximum atomic E-state index is 14.5. The van der Waals surface area contributed by atoms with Gasteiger partial charge >= 0.3 is 0 Å². The summed E-state index contributed by atoms with van der Waals surface area (Å²) in [5.74, 6) is -0.622. The summed E-state index contributed by atoms with van der Waals surface area (Å²) in [7, 11) is 1.47. The van der Waals surface area contributed by atoms with Crippen molar-refractivity contribution in [3.05, 3.63) is 70.9 Å². The topological polar surface area (TPSA) is 94.7 Å². The Morgan fingerprint density at radius 3 is 2.72 bits per heavy atom. The normalized spacial score (nSPS) is 12.3. The predicted molar refractivity (Wildman–Crippen MR) is 111 cm³/mol. The minimum Gasteiger partial charge on any atom is -0.450 e. The fourth-order valence-corrected chi connectivity index (χ4v) is 3.24. The Labute approximate surface area is 182 Å².